The van der Waals surface area contributed by atoms with Crippen LogP contribution in [-0.4, -0.2) is 26.1 Å². The van der Waals surface area contributed by atoms with Crippen LogP contribution in [0.1, 0.15) is 53.2 Å². The van der Waals surface area contributed by atoms with E-state index in [1.54, 1.807) is 12.4 Å². The highest BCUT2D eigenvalue weighted by molar-refractivity contribution is 5.94. The third-order valence-electron chi connectivity index (χ3n) is 6.72. The van der Waals surface area contributed by atoms with Gasteiger partial charge < -0.3 is 4.74 Å². The number of H-pyrrole nitrogens is 1. The zero-order valence-corrected chi connectivity index (χ0v) is 17.5. The van der Waals surface area contributed by atoms with Crippen LogP contribution >= 0.6 is 0 Å². The van der Waals surface area contributed by atoms with Gasteiger partial charge in [-0.3, -0.25) is 10.1 Å². The zero-order valence-electron chi connectivity index (χ0n) is 17.5. The van der Waals surface area contributed by atoms with Crippen molar-refractivity contribution in [2.45, 2.75) is 37.2 Å². The van der Waals surface area contributed by atoms with Crippen LogP contribution in [0.4, 0.5) is 0 Å². The molecule has 1 spiro atoms. The third-order valence-corrected chi connectivity index (χ3v) is 6.72. The number of esters is 1. The number of rotatable bonds is 3. The standard InChI is InChI=1S/C26H22N4O2/c31-25-19-8-4-5-9-20(19)26(32-25)12-10-18(11-13-26)21-14-22(30-29-21)24-16-27-15-23(28-24)17-6-2-1-3-7-17/h1-9,14-16,18H,10-13H2,(H,29,30)/t18-,26-. The second kappa shape index (κ2) is 7.41. The van der Waals surface area contributed by atoms with E-state index in [4.69, 9.17) is 9.72 Å². The molecule has 1 fully saturated rings. The molecule has 4 aromatic rings. The maximum Gasteiger partial charge on any atom is 0.339 e. The number of hydrogen-bond acceptors (Lipinski definition) is 5. The maximum absolute atomic E-state index is 12.3. The van der Waals surface area contributed by atoms with E-state index in [2.05, 4.69) is 21.2 Å². The van der Waals surface area contributed by atoms with E-state index >= 15 is 0 Å². The number of nitrogens with zero attached hydrogens (tertiary/aromatic N) is 3. The van der Waals surface area contributed by atoms with Gasteiger partial charge in [-0.1, -0.05) is 48.5 Å². The Morgan fingerprint density at radius 1 is 0.938 bits per heavy atom. The minimum Gasteiger partial charge on any atom is -0.451 e. The summed E-state index contributed by atoms with van der Waals surface area (Å²) in [4.78, 5) is 21.5. The van der Waals surface area contributed by atoms with Crippen LogP contribution in [0.25, 0.3) is 22.6 Å². The van der Waals surface area contributed by atoms with Gasteiger partial charge in [0.15, 0.2) is 0 Å². The number of hydrogen-bond donors (Lipinski definition) is 1. The first-order valence-corrected chi connectivity index (χ1v) is 11.0. The number of benzene rings is 2. The molecule has 1 aliphatic heterocycles. The summed E-state index contributed by atoms with van der Waals surface area (Å²) in [5.41, 5.74) is 5.81. The first kappa shape index (κ1) is 18.9. The topological polar surface area (TPSA) is 80.8 Å². The Hall–Kier alpha value is -3.80. The fourth-order valence-corrected chi connectivity index (χ4v) is 5.02. The molecule has 1 aliphatic carbocycles. The lowest BCUT2D eigenvalue weighted by Gasteiger charge is -2.36. The number of aromatic nitrogens is 4. The molecule has 0 amide bonds. The maximum atomic E-state index is 12.3. The number of aromatic amines is 1. The van der Waals surface area contributed by atoms with Gasteiger partial charge in [-0.25, -0.2) is 9.78 Å². The van der Waals surface area contributed by atoms with Crippen molar-refractivity contribution in [2.24, 2.45) is 0 Å². The summed E-state index contributed by atoms with van der Waals surface area (Å²) in [7, 11) is 0. The molecule has 6 nitrogen and oxygen atoms in total. The molecule has 2 aliphatic rings. The lowest BCUT2D eigenvalue weighted by Crippen LogP contribution is -2.31. The number of carbonyl (C=O) groups excluding carboxylic acids is 1. The molecule has 158 valence electrons. The zero-order chi connectivity index (χ0) is 21.5. The van der Waals surface area contributed by atoms with Crippen molar-refractivity contribution in [1.29, 1.82) is 0 Å². The van der Waals surface area contributed by atoms with Crippen LogP contribution < -0.4 is 0 Å². The lowest BCUT2D eigenvalue weighted by atomic mass is 9.74. The van der Waals surface area contributed by atoms with E-state index in [0.29, 0.717) is 11.5 Å². The van der Waals surface area contributed by atoms with Crippen LogP contribution in [0.3, 0.4) is 0 Å². The monoisotopic (exact) mass is 422 g/mol. The van der Waals surface area contributed by atoms with Crippen molar-refractivity contribution in [2.75, 3.05) is 0 Å². The van der Waals surface area contributed by atoms with Gasteiger partial charge in [0.25, 0.3) is 0 Å². The predicted molar refractivity (Wildman–Crippen MR) is 120 cm³/mol. The Morgan fingerprint density at radius 2 is 1.69 bits per heavy atom. The molecule has 3 heterocycles. The Labute approximate surface area is 185 Å². The molecule has 2 aromatic carbocycles. The molecule has 2 aromatic heterocycles. The van der Waals surface area contributed by atoms with Crippen LogP contribution in [-0.2, 0) is 10.3 Å². The van der Waals surface area contributed by atoms with Crippen LogP contribution in [0.2, 0.25) is 0 Å². The summed E-state index contributed by atoms with van der Waals surface area (Å²) in [6.45, 7) is 0. The second-order valence-corrected chi connectivity index (χ2v) is 8.57. The highest BCUT2D eigenvalue weighted by atomic mass is 16.6. The number of nitrogens with one attached hydrogen (secondary N) is 1. The summed E-state index contributed by atoms with van der Waals surface area (Å²) >= 11 is 0. The van der Waals surface area contributed by atoms with Crippen molar-refractivity contribution in [1.82, 2.24) is 20.2 Å². The first-order valence-electron chi connectivity index (χ1n) is 11.0. The van der Waals surface area contributed by atoms with Gasteiger partial charge in [0.1, 0.15) is 11.3 Å². The van der Waals surface area contributed by atoms with Gasteiger partial charge in [0.2, 0.25) is 0 Å². The van der Waals surface area contributed by atoms with Crippen molar-refractivity contribution >= 4 is 5.97 Å². The molecular weight excluding hydrogens is 400 g/mol. The van der Waals surface area contributed by atoms with E-state index in [1.165, 1.54) is 0 Å². The lowest BCUT2D eigenvalue weighted by molar-refractivity contribution is -0.0311. The molecule has 32 heavy (non-hydrogen) atoms. The Bertz CT molecular complexity index is 1290. The minimum absolute atomic E-state index is 0.196. The summed E-state index contributed by atoms with van der Waals surface area (Å²) in [5.74, 6) is 0.125. The molecule has 0 unspecified atom stereocenters. The van der Waals surface area contributed by atoms with Crippen molar-refractivity contribution in [3.05, 3.63) is 89.9 Å². The quantitative estimate of drug-likeness (QED) is 0.456. The summed E-state index contributed by atoms with van der Waals surface area (Å²) in [6, 6.07) is 19.9. The normalized spacial score (nSPS) is 22.0. The first-order chi connectivity index (χ1) is 15.7. The van der Waals surface area contributed by atoms with Crippen molar-refractivity contribution in [3.63, 3.8) is 0 Å². The number of carbonyl (C=O) groups is 1. The summed E-state index contributed by atoms with van der Waals surface area (Å²) in [5, 5.41) is 7.74. The van der Waals surface area contributed by atoms with Crippen LogP contribution in [0, 0.1) is 0 Å². The van der Waals surface area contributed by atoms with Crippen molar-refractivity contribution in [3.8, 4) is 22.6 Å². The van der Waals surface area contributed by atoms with Gasteiger partial charge in [-0.05, 0) is 37.8 Å². The predicted octanol–water partition coefficient (Wildman–Crippen LogP) is 5.26. The fourth-order valence-electron chi connectivity index (χ4n) is 5.02. The molecule has 0 radical (unpaired) electrons. The summed E-state index contributed by atoms with van der Waals surface area (Å²) < 4.78 is 5.89. The van der Waals surface area contributed by atoms with Gasteiger partial charge in [0.05, 0.1) is 35.0 Å². The Kier molecular flexibility index (Phi) is 4.38. The molecule has 0 atom stereocenters. The van der Waals surface area contributed by atoms with E-state index in [1.807, 2.05) is 54.6 Å². The number of ether oxygens (including phenoxy) is 1. The van der Waals surface area contributed by atoms with E-state index in [9.17, 15) is 4.79 Å². The Balaban J connectivity index is 1.21. The van der Waals surface area contributed by atoms with Crippen LogP contribution in [0.5, 0.6) is 0 Å². The molecule has 6 heteroatoms. The van der Waals surface area contributed by atoms with E-state index in [-0.39, 0.29) is 5.97 Å². The van der Waals surface area contributed by atoms with Crippen LogP contribution in [0.15, 0.2) is 73.1 Å². The number of fused-ring (bicyclic) bond motifs is 2. The summed E-state index contributed by atoms with van der Waals surface area (Å²) in [6.07, 6.45) is 6.99. The Morgan fingerprint density at radius 3 is 2.53 bits per heavy atom. The van der Waals surface area contributed by atoms with Gasteiger partial charge in [-0.15, -0.1) is 0 Å². The van der Waals surface area contributed by atoms with E-state index < -0.39 is 5.60 Å². The second-order valence-electron chi connectivity index (χ2n) is 8.57. The molecule has 1 N–H and O–H groups in total. The third kappa shape index (κ3) is 3.11. The average molecular weight is 422 g/mol. The smallest absolute Gasteiger partial charge is 0.339 e. The minimum atomic E-state index is -0.473. The molecule has 1 saturated carbocycles. The highest BCUT2D eigenvalue weighted by Gasteiger charge is 2.47. The SMILES string of the molecule is O=C1O[C@]2(CC[C@H](c3cc(-c4cncc(-c5ccccc5)n4)[nH]n3)CC2)c2ccccc21. The van der Waals surface area contributed by atoms with Crippen molar-refractivity contribution < 1.29 is 9.53 Å². The van der Waals surface area contributed by atoms with Gasteiger partial charge in [0, 0.05) is 17.0 Å². The largest absolute Gasteiger partial charge is 0.451 e. The van der Waals surface area contributed by atoms with Gasteiger partial charge in [-0.2, -0.15) is 5.10 Å². The average Bonchev–Trinajstić information content (AvgIpc) is 3.45. The molecular formula is C26H22N4O2. The van der Waals surface area contributed by atoms with E-state index in [0.717, 1.165) is 59.6 Å². The molecule has 0 bridgehead atoms. The van der Waals surface area contributed by atoms with Gasteiger partial charge >= 0.3 is 5.97 Å². The molecule has 6 rings (SSSR count). The fraction of sp³-hybridized carbons (Fsp3) is 0.231. The molecule has 0 saturated heterocycles. The highest BCUT2D eigenvalue weighted by Crippen LogP contribution is 2.50.